The van der Waals surface area contributed by atoms with Crippen LogP contribution in [-0.4, -0.2) is 53.9 Å². The van der Waals surface area contributed by atoms with Crippen LogP contribution in [0.25, 0.3) is 5.52 Å². The first-order chi connectivity index (χ1) is 19.0. The minimum absolute atomic E-state index is 0.0287. The van der Waals surface area contributed by atoms with E-state index in [0.29, 0.717) is 30.0 Å². The maximum atomic E-state index is 13.7. The van der Waals surface area contributed by atoms with E-state index in [1.807, 2.05) is 34.7 Å². The summed E-state index contributed by atoms with van der Waals surface area (Å²) in [5.41, 5.74) is 3.59. The molecule has 0 amide bonds. The predicted octanol–water partition coefficient (Wildman–Crippen LogP) is 7.36. The number of carbonyl (C=O) groups is 2. The Morgan fingerprint density at radius 3 is 2.10 bits per heavy atom. The zero-order valence-electron chi connectivity index (χ0n) is 24.3. The molecule has 1 aromatic carbocycles. The van der Waals surface area contributed by atoms with Crippen molar-refractivity contribution < 1.29 is 19.1 Å². The number of carbonyl (C=O) groups excluding carboxylic acids is 2. The molecule has 0 bridgehead atoms. The van der Waals surface area contributed by atoms with Gasteiger partial charge in [0.25, 0.3) is 0 Å². The fourth-order valence-electron chi connectivity index (χ4n) is 4.81. The molecule has 0 unspecified atom stereocenters. The zero-order chi connectivity index (χ0) is 28.0. The Bertz CT molecular complexity index is 1170. The van der Waals surface area contributed by atoms with E-state index in [-0.39, 0.29) is 11.8 Å². The lowest BCUT2D eigenvalue weighted by Crippen LogP contribution is -2.28. The summed E-state index contributed by atoms with van der Waals surface area (Å²) in [5.74, 6) is 0.402. The molecule has 0 N–H and O–H groups in total. The van der Waals surface area contributed by atoms with Gasteiger partial charge in [-0.25, -0.2) is 4.79 Å². The van der Waals surface area contributed by atoms with Gasteiger partial charge in [-0.1, -0.05) is 40.0 Å². The highest BCUT2D eigenvalue weighted by atomic mass is 16.5. The first-order valence-electron chi connectivity index (χ1n) is 14.8. The van der Waals surface area contributed by atoms with Crippen molar-refractivity contribution in [2.75, 3.05) is 32.8 Å². The lowest BCUT2D eigenvalue weighted by atomic mass is 10.0. The van der Waals surface area contributed by atoms with Crippen molar-refractivity contribution in [3.63, 3.8) is 0 Å². The molecule has 0 saturated heterocycles. The summed E-state index contributed by atoms with van der Waals surface area (Å²) in [6, 6.07) is 13.0. The van der Waals surface area contributed by atoms with Crippen molar-refractivity contribution >= 4 is 17.3 Å². The molecule has 0 atom stereocenters. The van der Waals surface area contributed by atoms with E-state index in [2.05, 4.69) is 25.7 Å². The number of pyridine rings is 1. The van der Waals surface area contributed by atoms with Crippen LogP contribution in [0.3, 0.4) is 0 Å². The second-order valence-corrected chi connectivity index (χ2v) is 10.2. The number of benzene rings is 1. The third-order valence-electron chi connectivity index (χ3n) is 7.04. The lowest BCUT2D eigenvalue weighted by Gasteiger charge is -2.21. The number of aromatic nitrogens is 1. The Hall–Kier alpha value is -3.12. The Kier molecular flexibility index (Phi) is 12.6. The van der Waals surface area contributed by atoms with Crippen molar-refractivity contribution in [1.82, 2.24) is 9.30 Å². The summed E-state index contributed by atoms with van der Waals surface area (Å²) in [7, 11) is 0. The lowest BCUT2D eigenvalue weighted by molar-refractivity contribution is 0.0526. The SMILES string of the molecule is CCCCc1cc2cc(C(=O)OCC)ccn2c1C(=O)c1ccc(OCCCN(CCCC)CCCC)cc1. The fourth-order valence-corrected chi connectivity index (χ4v) is 4.81. The Labute approximate surface area is 234 Å². The van der Waals surface area contributed by atoms with Crippen LogP contribution < -0.4 is 4.74 Å². The summed E-state index contributed by atoms with van der Waals surface area (Å²) < 4.78 is 13.1. The van der Waals surface area contributed by atoms with Crippen LogP contribution in [0.2, 0.25) is 0 Å². The van der Waals surface area contributed by atoms with Gasteiger partial charge in [0.05, 0.1) is 24.5 Å². The number of ketones is 1. The normalized spacial score (nSPS) is 11.3. The van der Waals surface area contributed by atoms with Gasteiger partial charge in [-0.05, 0) is 100 Å². The van der Waals surface area contributed by atoms with Gasteiger partial charge in [0, 0.05) is 23.8 Å². The molecule has 6 heteroatoms. The summed E-state index contributed by atoms with van der Waals surface area (Å²) >= 11 is 0. The summed E-state index contributed by atoms with van der Waals surface area (Å²) in [6.07, 6.45) is 10.5. The van der Waals surface area contributed by atoms with Crippen LogP contribution in [0.1, 0.15) is 105 Å². The Morgan fingerprint density at radius 2 is 1.46 bits per heavy atom. The van der Waals surface area contributed by atoms with Crippen LogP contribution >= 0.6 is 0 Å². The highest BCUT2D eigenvalue weighted by Gasteiger charge is 2.20. The number of hydrogen-bond acceptors (Lipinski definition) is 5. The Balaban J connectivity index is 1.69. The molecule has 0 saturated carbocycles. The van der Waals surface area contributed by atoms with E-state index in [9.17, 15) is 9.59 Å². The van der Waals surface area contributed by atoms with Gasteiger partial charge in [0.1, 0.15) is 5.75 Å². The van der Waals surface area contributed by atoms with Crippen molar-refractivity contribution in [2.45, 2.75) is 79.1 Å². The van der Waals surface area contributed by atoms with Gasteiger partial charge in [-0.15, -0.1) is 0 Å². The highest BCUT2D eigenvalue weighted by molar-refractivity contribution is 6.10. The molecule has 6 nitrogen and oxygen atoms in total. The summed E-state index contributed by atoms with van der Waals surface area (Å²) in [5, 5.41) is 0. The van der Waals surface area contributed by atoms with Crippen molar-refractivity contribution in [2.24, 2.45) is 0 Å². The predicted molar refractivity (Wildman–Crippen MR) is 158 cm³/mol. The zero-order valence-corrected chi connectivity index (χ0v) is 24.3. The van der Waals surface area contributed by atoms with Gasteiger partial charge in [-0.2, -0.15) is 0 Å². The molecule has 0 fully saturated rings. The Morgan fingerprint density at radius 1 is 0.795 bits per heavy atom. The number of unbranched alkanes of at least 4 members (excludes halogenated alkanes) is 3. The van der Waals surface area contributed by atoms with E-state index in [1.165, 1.54) is 25.7 Å². The molecule has 0 radical (unpaired) electrons. The highest BCUT2D eigenvalue weighted by Crippen LogP contribution is 2.24. The van der Waals surface area contributed by atoms with Gasteiger partial charge < -0.3 is 18.8 Å². The number of rotatable bonds is 18. The van der Waals surface area contributed by atoms with Crippen LogP contribution in [0.4, 0.5) is 0 Å². The van der Waals surface area contributed by atoms with Gasteiger partial charge >= 0.3 is 5.97 Å². The average Bonchev–Trinajstić information content (AvgIpc) is 3.32. The summed E-state index contributed by atoms with van der Waals surface area (Å²) in [4.78, 5) is 28.5. The molecule has 2 heterocycles. The number of aryl methyl sites for hydroxylation is 1. The maximum Gasteiger partial charge on any atom is 0.338 e. The largest absolute Gasteiger partial charge is 0.494 e. The molecule has 3 aromatic rings. The quantitative estimate of drug-likeness (QED) is 0.0969. The number of hydrogen-bond donors (Lipinski definition) is 0. The van der Waals surface area contributed by atoms with Crippen molar-refractivity contribution in [1.29, 1.82) is 0 Å². The maximum absolute atomic E-state index is 13.7. The van der Waals surface area contributed by atoms with Gasteiger partial charge in [0.2, 0.25) is 5.78 Å². The second-order valence-electron chi connectivity index (χ2n) is 10.2. The standard InChI is InChI=1S/C33H46N2O4/c1-5-9-13-27-24-29-25-28(33(37)38-8-4)18-22-35(29)31(27)32(36)26-14-16-30(17-15-26)39-23-12-21-34(19-10-6-2)20-11-7-3/h14-18,22,24-25H,5-13,19-21,23H2,1-4H3. The molecule has 0 aliphatic carbocycles. The van der Waals surface area contributed by atoms with Crippen LogP contribution in [0, 0.1) is 0 Å². The first kappa shape index (κ1) is 30.4. The van der Waals surface area contributed by atoms with E-state index >= 15 is 0 Å². The van der Waals surface area contributed by atoms with Crippen molar-refractivity contribution in [3.05, 3.63) is 71.0 Å². The van der Waals surface area contributed by atoms with E-state index < -0.39 is 0 Å². The van der Waals surface area contributed by atoms with Gasteiger partial charge in [-0.3, -0.25) is 4.79 Å². The van der Waals surface area contributed by atoms with E-state index in [1.54, 1.807) is 25.3 Å². The van der Waals surface area contributed by atoms with Gasteiger partial charge in [0.15, 0.2) is 0 Å². The van der Waals surface area contributed by atoms with E-state index in [4.69, 9.17) is 9.47 Å². The van der Waals surface area contributed by atoms with Crippen molar-refractivity contribution in [3.8, 4) is 5.75 Å². The number of ether oxygens (including phenoxy) is 2. The fraction of sp³-hybridized carbons (Fsp3) is 0.515. The van der Waals surface area contributed by atoms with E-state index in [0.717, 1.165) is 62.1 Å². The molecule has 0 aliphatic rings. The van der Waals surface area contributed by atoms with Crippen LogP contribution in [-0.2, 0) is 11.2 Å². The molecule has 212 valence electrons. The molecule has 2 aromatic heterocycles. The molecular weight excluding hydrogens is 488 g/mol. The smallest absolute Gasteiger partial charge is 0.338 e. The third-order valence-corrected chi connectivity index (χ3v) is 7.04. The number of fused-ring (bicyclic) bond motifs is 1. The molecule has 0 spiro atoms. The minimum atomic E-state index is -0.352. The molecule has 39 heavy (non-hydrogen) atoms. The number of nitrogens with zero attached hydrogens (tertiary/aromatic N) is 2. The van der Waals surface area contributed by atoms with Crippen LogP contribution in [0.15, 0.2) is 48.7 Å². The monoisotopic (exact) mass is 534 g/mol. The molecule has 0 aliphatic heterocycles. The average molecular weight is 535 g/mol. The van der Waals surface area contributed by atoms with Crippen LogP contribution in [0.5, 0.6) is 5.75 Å². The minimum Gasteiger partial charge on any atom is -0.494 e. The number of esters is 1. The topological polar surface area (TPSA) is 60.3 Å². The first-order valence-corrected chi connectivity index (χ1v) is 14.8. The second kappa shape index (κ2) is 16.1. The molecule has 3 rings (SSSR count). The summed E-state index contributed by atoms with van der Waals surface area (Å²) in [6.45, 7) is 12.8. The molecular formula is C33H46N2O4. The third kappa shape index (κ3) is 8.69.